The Bertz CT molecular complexity index is 955. The SMILES string of the molecule is CCC1CCCCN1c1ncnc(-n2nnc3ccccc32)c1[N+](=O)[O-]. The lowest BCUT2D eigenvalue weighted by Gasteiger charge is -2.35. The fourth-order valence-corrected chi connectivity index (χ4v) is 3.62. The molecule has 0 saturated carbocycles. The summed E-state index contributed by atoms with van der Waals surface area (Å²) in [5, 5.41) is 20.1. The quantitative estimate of drug-likeness (QED) is 0.525. The van der Waals surface area contributed by atoms with Crippen molar-refractivity contribution in [1.82, 2.24) is 25.0 Å². The molecule has 1 atom stereocenters. The van der Waals surface area contributed by atoms with E-state index in [-0.39, 0.29) is 17.5 Å². The second kappa shape index (κ2) is 6.66. The predicted octanol–water partition coefficient (Wildman–Crippen LogP) is 2.89. The summed E-state index contributed by atoms with van der Waals surface area (Å²) in [6.45, 7) is 2.86. The number of nitro groups is 1. The highest BCUT2D eigenvalue weighted by atomic mass is 16.6. The number of fused-ring (bicyclic) bond motifs is 1. The van der Waals surface area contributed by atoms with Gasteiger partial charge in [0.25, 0.3) is 0 Å². The van der Waals surface area contributed by atoms with E-state index < -0.39 is 4.92 Å². The largest absolute Gasteiger partial charge is 0.355 e. The summed E-state index contributed by atoms with van der Waals surface area (Å²) in [7, 11) is 0. The molecule has 4 rings (SSSR count). The van der Waals surface area contributed by atoms with Crippen molar-refractivity contribution >= 4 is 22.5 Å². The topological polar surface area (TPSA) is 103 Å². The number of benzene rings is 1. The van der Waals surface area contributed by atoms with Gasteiger partial charge in [-0.1, -0.05) is 24.3 Å². The Hall–Kier alpha value is -3.10. The lowest BCUT2D eigenvalue weighted by molar-refractivity contribution is -0.384. The van der Waals surface area contributed by atoms with Crippen molar-refractivity contribution < 1.29 is 4.92 Å². The third-order valence-electron chi connectivity index (χ3n) is 4.89. The minimum atomic E-state index is -0.414. The Kier molecular flexibility index (Phi) is 4.19. The van der Waals surface area contributed by atoms with Gasteiger partial charge in [-0.25, -0.2) is 9.97 Å². The average Bonchev–Trinajstić information content (AvgIpc) is 3.11. The Morgan fingerprint density at radius 1 is 1.23 bits per heavy atom. The van der Waals surface area contributed by atoms with Crippen LogP contribution in [0.4, 0.5) is 11.5 Å². The number of rotatable bonds is 4. The summed E-state index contributed by atoms with van der Waals surface area (Å²) >= 11 is 0. The van der Waals surface area contributed by atoms with Crippen LogP contribution in [-0.2, 0) is 0 Å². The van der Waals surface area contributed by atoms with Gasteiger partial charge in [0.2, 0.25) is 11.6 Å². The van der Waals surface area contributed by atoms with Gasteiger partial charge in [-0.15, -0.1) is 5.10 Å². The minimum absolute atomic E-state index is 0.122. The van der Waals surface area contributed by atoms with Crippen LogP contribution in [0.5, 0.6) is 0 Å². The van der Waals surface area contributed by atoms with Crippen LogP contribution >= 0.6 is 0 Å². The van der Waals surface area contributed by atoms with Crippen molar-refractivity contribution in [3.63, 3.8) is 0 Å². The molecule has 3 aromatic rings. The van der Waals surface area contributed by atoms with Gasteiger partial charge in [-0.3, -0.25) is 10.1 Å². The molecule has 2 aromatic heterocycles. The Balaban J connectivity index is 1.90. The summed E-state index contributed by atoms with van der Waals surface area (Å²) in [6, 6.07) is 7.56. The first-order chi connectivity index (χ1) is 12.7. The molecule has 9 nitrogen and oxygen atoms in total. The van der Waals surface area contributed by atoms with Crippen molar-refractivity contribution in [3.8, 4) is 5.82 Å². The molecular formula is C17H19N7O2. The number of anilines is 1. The zero-order chi connectivity index (χ0) is 18.1. The van der Waals surface area contributed by atoms with E-state index in [9.17, 15) is 10.1 Å². The van der Waals surface area contributed by atoms with Crippen LogP contribution in [0.15, 0.2) is 30.6 Å². The van der Waals surface area contributed by atoms with Gasteiger partial charge in [0.1, 0.15) is 11.8 Å². The van der Waals surface area contributed by atoms with Gasteiger partial charge < -0.3 is 4.90 Å². The first kappa shape index (κ1) is 16.4. The first-order valence-electron chi connectivity index (χ1n) is 8.77. The maximum atomic E-state index is 11.9. The molecule has 0 radical (unpaired) electrons. The summed E-state index contributed by atoms with van der Waals surface area (Å²) < 4.78 is 1.42. The number of nitrogens with zero attached hydrogens (tertiary/aromatic N) is 7. The van der Waals surface area contributed by atoms with E-state index in [1.807, 2.05) is 29.2 Å². The van der Waals surface area contributed by atoms with Gasteiger partial charge in [0.05, 0.1) is 10.4 Å². The normalized spacial score (nSPS) is 17.6. The second-order valence-electron chi connectivity index (χ2n) is 6.37. The lowest BCUT2D eigenvalue weighted by atomic mass is 10.00. The average molecular weight is 353 g/mol. The van der Waals surface area contributed by atoms with Crippen molar-refractivity contribution in [2.45, 2.75) is 38.6 Å². The van der Waals surface area contributed by atoms with Crippen LogP contribution in [0, 0.1) is 10.1 Å². The molecule has 134 valence electrons. The van der Waals surface area contributed by atoms with E-state index in [0.717, 1.165) is 32.2 Å². The van der Waals surface area contributed by atoms with Crippen LogP contribution in [0.2, 0.25) is 0 Å². The van der Waals surface area contributed by atoms with Crippen LogP contribution in [0.3, 0.4) is 0 Å². The molecule has 1 aliphatic heterocycles. The van der Waals surface area contributed by atoms with Crippen LogP contribution in [-0.4, -0.2) is 42.5 Å². The number of piperidine rings is 1. The van der Waals surface area contributed by atoms with Crippen molar-refractivity contribution in [2.24, 2.45) is 0 Å². The van der Waals surface area contributed by atoms with E-state index in [1.165, 1.54) is 11.0 Å². The van der Waals surface area contributed by atoms with Crippen molar-refractivity contribution in [2.75, 3.05) is 11.4 Å². The van der Waals surface area contributed by atoms with E-state index >= 15 is 0 Å². The van der Waals surface area contributed by atoms with Crippen LogP contribution in [0.25, 0.3) is 16.9 Å². The molecule has 1 aliphatic rings. The molecule has 0 N–H and O–H groups in total. The number of para-hydroxylation sites is 1. The fraction of sp³-hybridized carbons (Fsp3) is 0.412. The van der Waals surface area contributed by atoms with Gasteiger partial charge in [0.15, 0.2) is 0 Å². The third-order valence-corrected chi connectivity index (χ3v) is 4.89. The molecular weight excluding hydrogens is 334 g/mol. The van der Waals surface area contributed by atoms with Gasteiger partial charge in [0, 0.05) is 12.6 Å². The monoisotopic (exact) mass is 353 g/mol. The molecule has 1 fully saturated rings. The summed E-state index contributed by atoms with van der Waals surface area (Å²) in [5.74, 6) is 0.514. The number of hydrogen-bond donors (Lipinski definition) is 0. The molecule has 3 heterocycles. The van der Waals surface area contributed by atoms with E-state index in [1.54, 1.807) is 0 Å². The highest BCUT2D eigenvalue weighted by Gasteiger charge is 2.33. The van der Waals surface area contributed by atoms with Crippen molar-refractivity contribution in [3.05, 3.63) is 40.7 Å². The second-order valence-corrected chi connectivity index (χ2v) is 6.37. The lowest BCUT2D eigenvalue weighted by Crippen LogP contribution is -2.40. The summed E-state index contributed by atoms with van der Waals surface area (Å²) in [6.07, 6.45) is 5.44. The summed E-state index contributed by atoms with van der Waals surface area (Å²) in [4.78, 5) is 22.0. The van der Waals surface area contributed by atoms with Gasteiger partial charge in [-0.2, -0.15) is 4.68 Å². The van der Waals surface area contributed by atoms with E-state index in [2.05, 4.69) is 27.2 Å². The fourth-order valence-electron chi connectivity index (χ4n) is 3.62. The molecule has 0 spiro atoms. The number of hydrogen-bond acceptors (Lipinski definition) is 7. The van der Waals surface area contributed by atoms with Gasteiger partial charge >= 0.3 is 5.69 Å². The zero-order valence-corrected chi connectivity index (χ0v) is 14.4. The molecule has 0 aliphatic carbocycles. The molecule has 26 heavy (non-hydrogen) atoms. The smallest absolute Gasteiger partial charge is 0.348 e. The number of aromatic nitrogens is 5. The highest BCUT2D eigenvalue weighted by Crippen LogP contribution is 2.35. The highest BCUT2D eigenvalue weighted by molar-refractivity contribution is 5.78. The maximum absolute atomic E-state index is 11.9. The molecule has 0 amide bonds. The summed E-state index contributed by atoms with van der Waals surface area (Å²) in [5.41, 5.74) is 1.21. The molecule has 9 heteroatoms. The zero-order valence-electron chi connectivity index (χ0n) is 14.4. The first-order valence-corrected chi connectivity index (χ1v) is 8.77. The molecule has 1 aromatic carbocycles. The molecule has 1 unspecified atom stereocenters. The van der Waals surface area contributed by atoms with E-state index in [0.29, 0.717) is 16.9 Å². The Labute approximate surface area is 149 Å². The molecule has 1 saturated heterocycles. The van der Waals surface area contributed by atoms with Crippen LogP contribution < -0.4 is 4.90 Å². The van der Waals surface area contributed by atoms with Crippen molar-refractivity contribution in [1.29, 1.82) is 0 Å². The van der Waals surface area contributed by atoms with E-state index in [4.69, 9.17) is 0 Å². The maximum Gasteiger partial charge on any atom is 0.355 e. The standard InChI is InChI=1S/C17H19N7O2/c1-2-12-7-5-6-10-22(12)16-15(24(25)26)17(19-11-18-16)23-14-9-4-3-8-13(14)20-21-23/h3-4,8-9,11-12H,2,5-7,10H2,1H3. The molecule has 0 bridgehead atoms. The predicted molar refractivity (Wildman–Crippen MR) is 96.4 cm³/mol. The Morgan fingerprint density at radius 2 is 2.04 bits per heavy atom. The third kappa shape index (κ3) is 2.65. The van der Waals surface area contributed by atoms with Gasteiger partial charge in [-0.05, 0) is 37.8 Å². The van der Waals surface area contributed by atoms with Crippen LogP contribution in [0.1, 0.15) is 32.6 Å². The Morgan fingerprint density at radius 3 is 2.85 bits per heavy atom. The minimum Gasteiger partial charge on any atom is -0.348 e.